The molecule has 0 amide bonds. The van der Waals surface area contributed by atoms with Crippen LogP contribution in [0.1, 0.15) is 17.0 Å². The maximum atomic E-state index is 13.3. The number of rotatable bonds is 6. The minimum atomic E-state index is -3.91. The molecule has 3 N–H and O–H groups in total. The molecule has 0 aliphatic heterocycles. The quantitative estimate of drug-likeness (QED) is 0.351. The lowest BCUT2D eigenvalue weighted by Gasteiger charge is -2.11. The van der Waals surface area contributed by atoms with Crippen LogP contribution in [0.25, 0.3) is 5.78 Å². The van der Waals surface area contributed by atoms with Crippen molar-refractivity contribution in [2.45, 2.75) is 23.1 Å². The van der Waals surface area contributed by atoms with Crippen LogP contribution in [0, 0.1) is 6.92 Å². The van der Waals surface area contributed by atoms with Crippen LogP contribution in [0.4, 0.5) is 17.5 Å². The van der Waals surface area contributed by atoms with Crippen LogP contribution >= 0.6 is 11.6 Å². The monoisotopic (exact) mass is 505 g/mol. The van der Waals surface area contributed by atoms with Crippen molar-refractivity contribution >= 4 is 44.7 Å². The zero-order valence-electron chi connectivity index (χ0n) is 18.6. The van der Waals surface area contributed by atoms with E-state index >= 15 is 0 Å². The molecule has 0 aliphatic carbocycles. The van der Waals surface area contributed by atoms with Crippen LogP contribution in [0.3, 0.4) is 0 Å². The zero-order valence-corrected chi connectivity index (χ0v) is 20.1. The molecule has 0 atom stereocenters. The maximum absolute atomic E-state index is 13.3. The number of fused-ring (bicyclic) bond motifs is 1. The number of sulfone groups is 1. The number of nitrogens with two attached hydrogens (primary N) is 1. The third kappa shape index (κ3) is 4.41. The second-order valence-corrected chi connectivity index (χ2v) is 10.1. The molecule has 0 spiro atoms. The van der Waals surface area contributed by atoms with Gasteiger partial charge in [0.25, 0.3) is 5.78 Å². The Hall–Kier alpha value is -4.02. The van der Waals surface area contributed by atoms with Crippen LogP contribution in [-0.2, 0) is 16.3 Å². The predicted molar refractivity (Wildman–Crippen MR) is 134 cm³/mol. The maximum Gasteiger partial charge on any atom is 0.256 e. The molecule has 0 fully saturated rings. The first kappa shape index (κ1) is 22.8. The molecule has 0 saturated carbocycles. The van der Waals surface area contributed by atoms with Crippen molar-refractivity contribution in [2.75, 3.05) is 11.1 Å². The predicted octanol–water partition coefficient (Wildman–Crippen LogP) is 4.23. The highest BCUT2D eigenvalue weighted by Gasteiger charge is 2.27. The van der Waals surface area contributed by atoms with E-state index in [-0.39, 0.29) is 33.0 Å². The fraction of sp³-hybridized carbons (Fsp3) is 0.0833. The highest BCUT2D eigenvalue weighted by molar-refractivity contribution is 7.91. The van der Waals surface area contributed by atoms with Crippen LogP contribution < -0.4 is 11.1 Å². The summed E-state index contributed by atoms with van der Waals surface area (Å²) in [6, 6.07) is 19.2. The Morgan fingerprint density at radius 1 is 1.03 bits per heavy atom. The average molecular weight is 506 g/mol. The van der Waals surface area contributed by atoms with E-state index in [1.54, 1.807) is 43.5 Å². The molecule has 5 rings (SSSR count). The Labute approximate surface area is 206 Å². The van der Waals surface area contributed by atoms with Crippen molar-refractivity contribution in [2.24, 2.45) is 0 Å². The molecule has 0 unspecified atom stereocenters. The standard InChI is InChI=1S/C24H20ClN7O2S/c1-15-21(35(33,34)19-8-3-2-4-9-19)22(26)32-24(28-15)30-23(31-32)29-20-14-17(25)11-10-16(20)13-18-7-5-6-12-27-18/h2-12,14H,13,26H2,1H3,(H,29,31). The molecule has 11 heteroatoms. The third-order valence-corrected chi connectivity index (χ3v) is 7.56. The van der Waals surface area contributed by atoms with Gasteiger partial charge in [-0.2, -0.15) is 9.50 Å². The van der Waals surface area contributed by atoms with Gasteiger partial charge in [0.05, 0.1) is 10.6 Å². The zero-order chi connectivity index (χ0) is 24.6. The van der Waals surface area contributed by atoms with E-state index in [2.05, 4.69) is 25.4 Å². The summed E-state index contributed by atoms with van der Waals surface area (Å²) in [6.07, 6.45) is 2.30. The number of aryl methyl sites for hydroxylation is 1. The van der Waals surface area contributed by atoms with Crippen LogP contribution in [0.5, 0.6) is 0 Å². The highest BCUT2D eigenvalue weighted by Crippen LogP contribution is 2.30. The SMILES string of the molecule is Cc1nc2nc(Nc3cc(Cl)ccc3Cc3ccccn3)nn2c(N)c1S(=O)(=O)c1ccccc1. The summed E-state index contributed by atoms with van der Waals surface area (Å²) in [6.45, 7) is 1.58. The first-order valence-electron chi connectivity index (χ1n) is 10.6. The van der Waals surface area contributed by atoms with Gasteiger partial charge in [-0.3, -0.25) is 4.98 Å². The molecule has 0 bridgehead atoms. The van der Waals surface area contributed by atoms with Gasteiger partial charge in [-0.1, -0.05) is 41.9 Å². The molecular weight excluding hydrogens is 486 g/mol. The Morgan fingerprint density at radius 2 is 1.80 bits per heavy atom. The van der Waals surface area contributed by atoms with Crippen molar-refractivity contribution in [1.29, 1.82) is 0 Å². The van der Waals surface area contributed by atoms with Gasteiger partial charge in [0.1, 0.15) is 10.7 Å². The van der Waals surface area contributed by atoms with Crippen molar-refractivity contribution in [3.05, 3.63) is 94.9 Å². The number of pyridine rings is 1. The second kappa shape index (κ2) is 8.97. The molecular formula is C24H20ClN7O2S. The summed E-state index contributed by atoms with van der Waals surface area (Å²) in [7, 11) is -3.91. The Morgan fingerprint density at radius 3 is 2.54 bits per heavy atom. The van der Waals surface area contributed by atoms with E-state index in [0.29, 0.717) is 17.1 Å². The number of nitrogen functional groups attached to an aromatic ring is 1. The van der Waals surface area contributed by atoms with Crippen molar-refractivity contribution < 1.29 is 8.42 Å². The van der Waals surface area contributed by atoms with Crippen molar-refractivity contribution in [3.63, 3.8) is 0 Å². The Bertz CT molecular complexity index is 1640. The van der Waals surface area contributed by atoms with Gasteiger partial charge in [-0.15, -0.1) is 5.10 Å². The van der Waals surface area contributed by atoms with E-state index in [4.69, 9.17) is 17.3 Å². The molecule has 0 aliphatic rings. The summed E-state index contributed by atoms with van der Waals surface area (Å²) in [5, 5.41) is 8.07. The Kier molecular flexibility index (Phi) is 5.83. The van der Waals surface area contributed by atoms with Gasteiger partial charge in [0.15, 0.2) is 0 Å². The van der Waals surface area contributed by atoms with E-state index < -0.39 is 9.84 Å². The normalized spacial score (nSPS) is 11.6. The third-order valence-electron chi connectivity index (χ3n) is 5.39. The Balaban J connectivity index is 1.55. The van der Waals surface area contributed by atoms with Crippen LogP contribution in [0.15, 0.2) is 82.7 Å². The number of hydrogen-bond donors (Lipinski definition) is 2. The van der Waals surface area contributed by atoms with E-state index in [0.717, 1.165) is 11.3 Å². The molecule has 5 aromatic rings. The number of benzene rings is 2. The topological polar surface area (TPSA) is 128 Å². The lowest BCUT2D eigenvalue weighted by molar-refractivity contribution is 0.594. The summed E-state index contributed by atoms with van der Waals surface area (Å²) < 4.78 is 27.7. The van der Waals surface area contributed by atoms with E-state index in [1.165, 1.54) is 16.6 Å². The fourth-order valence-corrected chi connectivity index (χ4v) is 5.48. The number of aromatic nitrogens is 5. The van der Waals surface area contributed by atoms with Crippen LogP contribution in [0.2, 0.25) is 5.02 Å². The van der Waals surface area contributed by atoms with Gasteiger partial charge in [0.2, 0.25) is 15.8 Å². The minimum Gasteiger partial charge on any atom is -0.382 e. The molecule has 35 heavy (non-hydrogen) atoms. The summed E-state index contributed by atoms with van der Waals surface area (Å²) >= 11 is 6.24. The lowest BCUT2D eigenvalue weighted by Crippen LogP contribution is -2.13. The highest BCUT2D eigenvalue weighted by atomic mass is 35.5. The van der Waals surface area contributed by atoms with Gasteiger partial charge in [-0.25, -0.2) is 13.4 Å². The van der Waals surface area contributed by atoms with E-state index in [9.17, 15) is 8.42 Å². The molecule has 3 aromatic heterocycles. The number of hydrogen-bond acceptors (Lipinski definition) is 8. The molecule has 2 aromatic carbocycles. The number of nitrogens with one attached hydrogen (secondary N) is 1. The van der Waals surface area contributed by atoms with Crippen molar-refractivity contribution in [1.82, 2.24) is 24.6 Å². The number of nitrogens with zero attached hydrogens (tertiary/aromatic N) is 5. The first-order chi connectivity index (χ1) is 16.8. The van der Waals surface area contributed by atoms with E-state index in [1.807, 2.05) is 24.3 Å². The molecule has 0 saturated heterocycles. The molecule has 176 valence electrons. The molecule has 9 nitrogen and oxygen atoms in total. The summed E-state index contributed by atoms with van der Waals surface area (Å²) in [5.74, 6) is 0.293. The molecule has 0 radical (unpaired) electrons. The lowest BCUT2D eigenvalue weighted by atomic mass is 10.1. The second-order valence-electron chi connectivity index (χ2n) is 7.80. The first-order valence-corrected chi connectivity index (χ1v) is 12.5. The fourth-order valence-electron chi connectivity index (χ4n) is 3.76. The minimum absolute atomic E-state index is 0.0725. The van der Waals surface area contributed by atoms with Gasteiger partial charge < -0.3 is 11.1 Å². The van der Waals surface area contributed by atoms with Gasteiger partial charge in [-0.05, 0) is 48.9 Å². The van der Waals surface area contributed by atoms with Gasteiger partial charge in [0, 0.05) is 29.0 Å². The van der Waals surface area contributed by atoms with Crippen LogP contribution in [-0.4, -0.2) is 33.0 Å². The number of anilines is 3. The summed E-state index contributed by atoms with van der Waals surface area (Å²) in [5.41, 5.74) is 9.02. The molecule has 3 heterocycles. The summed E-state index contributed by atoms with van der Waals surface area (Å²) in [4.78, 5) is 13.1. The van der Waals surface area contributed by atoms with Gasteiger partial charge >= 0.3 is 0 Å². The average Bonchev–Trinajstić information content (AvgIpc) is 3.24. The van der Waals surface area contributed by atoms with Crippen molar-refractivity contribution in [3.8, 4) is 0 Å². The smallest absolute Gasteiger partial charge is 0.256 e. The largest absolute Gasteiger partial charge is 0.382 e. The number of halogens is 1.